The maximum absolute atomic E-state index is 12.0. The van der Waals surface area contributed by atoms with Crippen molar-refractivity contribution in [1.82, 2.24) is 0 Å². The first kappa shape index (κ1) is 49.9. The van der Waals surface area contributed by atoms with Crippen molar-refractivity contribution in [3.05, 3.63) is 0 Å². The van der Waals surface area contributed by atoms with E-state index in [0.29, 0.717) is 12.8 Å². The van der Waals surface area contributed by atoms with Crippen molar-refractivity contribution in [2.45, 2.75) is 264 Å². The lowest BCUT2D eigenvalue weighted by atomic mass is 10.0. The molecule has 0 unspecified atom stereocenters. The number of aliphatic hydroxyl groups is 1. The Morgan fingerprint density at radius 2 is 0.627 bits per heavy atom. The largest absolute Gasteiger partial charge is 0.463 e. The van der Waals surface area contributed by atoms with E-state index in [0.717, 1.165) is 31.6 Å². The summed E-state index contributed by atoms with van der Waals surface area (Å²) in [5.74, 6) is 0.310. The number of aliphatic hydroxyl groups excluding tert-OH is 1. The monoisotopic (exact) mass is 723 g/mol. The molecule has 1 atom stereocenters. The maximum Gasteiger partial charge on any atom is 0.305 e. The average Bonchev–Trinajstić information content (AvgIpc) is 3.11. The molecule has 304 valence electrons. The predicted molar refractivity (Wildman–Crippen MR) is 219 cm³/mol. The summed E-state index contributed by atoms with van der Waals surface area (Å²) in [5.41, 5.74) is 0. The molecule has 0 amide bonds. The molecular weight excluding hydrogens is 633 g/mol. The first-order valence-corrected chi connectivity index (χ1v) is 22.9. The van der Waals surface area contributed by atoms with Gasteiger partial charge in [-0.15, -0.1) is 0 Å². The van der Waals surface area contributed by atoms with E-state index in [1.54, 1.807) is 0 Å². The van der Waals surface area contributed by atoms with Gasteiger partial charge in [0.2, 0.25) is 0 Å². The van der Waals surface area contributed by atoms with Gasteiger partial charge in [-0.1, -0.05) is 233 Å². The fourth-order valence-electron chi connectivity index (χ4n) is 7.04. The van der Waals surface area contributed by atoms with E-state index in [4.69, 9.17) is 9.47 Å². The second kappa shape index (κ2) is 41.7. The molecule has 5 heteroatoms. The smallest absolute Gasteiger partial charge is 0.305 e. The van der Waals surface area contributed by atoms with Crippen molar-refractivity contribution in [2.24, 2.45) is 5.92 Å². The zero-order valence-corrected chi connectivity index (χ0v) is 34.8. The van der Waals surface area contributed by atoms with Gasteiger partial charge in [0.15, 0.2) is 0 Å². The number of unbranched alkanes of at least 4 members (excludes halogenated alkanes) is 32. The molecule has 0 aromatic carbocycles. The third-order valence-electron chi connectivity index (χ3n) is 10.5. The van der Waals surface area contributed by atoms with Crippen LogP contribution in [0.5, 0.6) is 0 Å². The highest BCUT2D eigenvalue weighted by atomic mass is 16.6. The zero-order valence-electron chi connectivity index (χ0n) is 34.8. The summed E-state index contributed by atoms with van der Waals surface area (Å²) in [6.45, 7) is 6.71. The van der Waals surface area contributed by atoms with Gasteiger partial charge in [0.1, 0.15) is 19.3 Å². The van der Waals surface area contributed by atoms with E-state index in [2.05, 4.69) is 20.8 Å². The molecule has 0 radical (unpaired) electrons. The Hall–Kier alpha value is -1.10. The lowest BCUT2D eigenvalue weighted by molar-refractivity contribution is -0.152. The highest BCUT2D eigenvalue weighted by Gasteiger charge is 2.12. The lowest BCUT2D eigenvalue weighted by Gasteiger charge is -2.12. The van der Waals surface area contributed by atoms with Crippen LogP contribution in [0.4, 0.5) is 0 Å². The SMILES string of the molecule is CCCCCCCCCCCCCCCCCCCCCC(=O)OC[C@H](O)COC(=O)CCCCCCCCCCCCCCCCCC(C)C. The Morgan fingerprint density at radius 1 is 0.392 bits per heavy atom. The van der Waals surface area contributed by atoms with E-state index in [9.17, 15) is 14.7 Å². The molecule has 0 aromatic heterocycles. The molecule has 0 aliphatic rings. The summed E-state index contributed by atoms with van der Waals surface area (Å²) in [7, 11) is 0. The van der Waals surface area contributed by atoms with Crippen molar-refractivity contribution >= 4 is 11.9 Å². The second-order valence-corrected chi connectivity index (χ2v) is 16.4. The third-order valence-corrected chi connectivity index (χ3v) is 10.5. The van der Waals surface area contributed by atoms with Crippen molar-refractivity contribution in [1.29, 1.82) is 0 Å². The molecular formula is C46H90O5. The van der Waals surface area contributed by atoms with E-state index < -0.39 is 6.10 Å². The predicted octanol–water partition coefficient (Wildman–Crippen LogP) is 14.5. The Morgan fingerprint density at radius 3 is 0.882 bits per heavy atom. The van der Waals surface area contributed by atoms with Crippen molar-refractivity contribution < 1.29 is 24.2 Å². The summed E-state index contributed by atoms with van der Waals surface area (Å²) in [4.78, 5) is 24.0. The summed E-state index contributed by atoms with van der Waals surface area (Å²) in [6, 6.07) is 0. The molecule has 0 aliphatic carbocycles. The molecule has 0 saturated carbocycles. The number of carbonyl (C=O) groups excluding carboxylic acids is 2. The number of rotatable bonds is 42. The van der Waals surface area contributed by atoms with Gasteiger partial charge in [0.25, 0.3) is 0 Å². The van der Waals surface area contributed by atoms with Crippen LogP contribution in [0.25, 0.3) is 0 Å². The van der Waals surface area contributed by atoms with E-state index in [1.807, 2.05) is 0 Å². The minimum absolute atomic E-state index is 0.107. The molecule has 0 aromatic rings. The Labute approximate surface area is 319 Å². The number of hydrogen-bond acceptors (Lipinski definition) is 5. The Balaban J connectivity index is 3.35. The van der Waals surface area contributed by atoms with Crippen LogP contribution < -0.4 is 0 Å². The summed E-state index contributed by atoms with van der Waals surface area (Å²) in [5, 5.41) is 10.1. The van der Waals surface area contributed by atoms with Gasteiger partial charge in [0, 0.05) is 12.8 Å². The molecule has 1 N–H and O–H groups in total. The molecule has 0 fully saturated rings. The summed E-state index contributed by atoms with van der Waals surface area (Å²) >= 11 is 0. The van der Waals surface area contributed by atoms with Gasteiger partial charge in [-0.25, -0.2) is 0 Å². The van der Waals surface area contributed by atoms with E-state index in [1.165, 1.54) is 199 Å². The van der Waals surface area contributed by atoms with Crippen molar-refractivity contribution in [3.63, 3.8) is 0 Å². The van der Waals surface area contributed by atoms with Gasteiger partial charge in [-0.2, -0.15) is 0 Å². The van der Waals surface area contributed by atoms with Crippen LogP contribution >= 0.6 is 0 Å². The minimum Gasteiger partial charge on any atom is -0.463 e. The molecule has 0 bridgehead atoms. The summed E-state index contributed by atoms with van der Waals surface area (Å²) < 4.78 is 10.4. The Bertz CT molecular complexity index is 708. The quantitative estimate of drug-likeness (QED) is 0.0501. The molecule has 0 aliphatic heterocycles. The standard InChI is InChI=1S/C46H90O5/c1-4-5-6-7-8-9-10-11-12-13-14-15-18-21-24-27-30-33-36-39-45(48)50-41-44(47)42-51-46(49)40-37-34-31-28-25-22-19-16-17-20-23-26-29-32-35-38-43(2)3/h43-44,47H,4-42H2,1-3H3/t44-/m0/s1. The minimum atomic E-state index is -0.956. The third kappa shape index (κ3) is 43.2. The van der Waals surface area contributed by atoms with Crippen molar-refractivity contribution in [2.75, 3.05) is 13.2 Å². The van der Waals surface area contributed by atoms with Crippen LogP contribution in [0.15, 0.2) is 0 Å². The normalized spacial score (nSPS) is 12.1. The van der Waals surface area contributed by atoms with Gasteiger partial charge in [0.05, 0.1) is 0 Å². The number of carbonyl (C=O) groups is 2. The van der Waals surface area contributed by atoms with Crippen LogP contribution in [0, 0.1) is 5.92 Å². The van der Waals surface area contributed by atoms with Gasteiger partial charge >= 0.3 is 11.9 Å². The average molecular weight is 723 g/mol. The molecule has 0 spiro atoms. The molecule has 0 heterocycles. The van der Waals surface area contributed by atoms with Crippen LogP contribution in [0.1, 0.15) is 258 Å². The van der Waals surface area contributed by atoms with Crippen LogP contribution in [-0.4, -0.2) is 36.4 Å². The van der Waals surface area contributed by atoms with Crippen molar-refractivity contribution in [3.8, 4) is 0 Å². The van der Waals surface area contributed by atoms with E-state index >= 15 is 0 Å². The fourth-order valence-corrected chi connectivity index (χ4v) is 7.04. The van der Waals surface area contributed by atoms with E-state index in [-0.39, 0.29) is 25.2 Å². The second-order valence-electron chi connectivity index (χ2n) is 16.4. The molecule has 0 saturated heterocycles. The van der Waals surface area contributed by atoms with Crippen LogP contribution in [0.3, 0.4) is 0 Å². The topological polar surface area (TPSA) is 72.8 Å². The Kier molecular flexibility index (Phi) is 40.8. The number of ether oxygens (including phenoxy) is 2. The molecule has 51 heavy (non-hydrogen) atoms. The number of esters is 2. The molecule has 5 nitrogen and oxygen atoms in total. The summed E-state index contributed by atoms with van der Waals surface area (Å²) in [6.07, 6.45) is 46.0. The first-order valence-electron chi connectivity index (χ1n) is 22.9. The van der Waals surface area contributed by atoms with Gasteiger partial charge in [-0.3, -0.25) is 9.59 Å². The lowest BCUT2D eigenvalue weighted by Crippen LogP contribution is -2.25. The zero-order chi connectivity index (χ0) is 37.3. The van der Waals surface area contributed by atoms with Crippen LogP contribution in [0.2, 0.25) is 0 Å². The van der Waals surface area contributed by atoms with Gasteiger partial charge in [-0.05, 0) is 18.8 Å². The first-order chi connectivity index (χ1) is 25.0. The maximum atomic E-state index is 12.0. The fraction of sp³-hybridized carbons (Fsp3) is 0.957. The molecule has 0 rings (SSSR count). The number of hydrogen-bond donors (Lipinski definition) is 1. The van der Waals surface area contributed by atoms with Gasteiger partial charge < -0.3 is 14.6 Å². The highest BCUT2D eigenvalue weighted by molar-refractivity contribution is 5.69. The van der Waals surface area contributed by atoms with Crippen LogP contribution in [-0.2, 0) is 19.1 Å². The highest BCUT2D eigenvalue weighted by Crippen LogP contribution is 2.17.